The first-order valence-electron chi connectivity index (χ1n) is 6.38. The average molecular weight is 332 g/mol. The van der Waals surface area contributed by atoms with Crippen LogP contribution >= 0.6 is 0 Å². The zero-order chi connectivity index (χ0) is 17.2. The van der Waals surface area contributed by atoms with Gasteiger partial charge in [-0.3, -0.25) is 0 Å². The maximum Gasteiger partial charge on any atom is 0.429 e. The third-order valence-corrected chi connectivity index (χ3v) is 2.87. The van der Waals surface area contributed by atoms with E-state index in [9.17, 15) is 26.3 Å². The molecule has 2 aromatic carbocycles. The van der Waals surface area contributed by atoms with Crippen LogP contribution in [0.4, 0.5) is 26.3 Å². The van der Waals surface area contributed by atoms with Gasteiger partial charge in [0.2, 0.25) is 0 Å². The molecule has 0 unspecified atom stereocenters. The van der Waals surface area contributed by atoms with Crippen LogP contribution in [0.15, 0.2) is 36.4 Å². The molecule has 0 bridgehead atoms. The summed E-state index contributed by atoms with van der Waals surface area (Å²) in [4.78, 5) is 0. The molecular weight excluding hydrogens is 322 g/mol. The van der Waals surface area contributed by atoms with Crippen molar-refractivity contribution in [1.29, 1.82) is 0 Å². The van der Waals surface area contributed by atoms with E-state index < -0.39 is 40.7 Å². The molecule has 0 saturated carbocycles. The summed E-state index contributed by atoms with van der Waals surface area (Å²) in [5.41, 5.74) is -0.765. The van der Waals surface area contributed by atoms with Crippen LogP contribution in [0.5, 0.6) is 5.75 Å². The maximum absolute atomic E-state index is 14.0. The van der Waals surface area contributed by atoms with Gasteiger partial charge in [0, 0.05) is 12.1 Å². The smallest absolute Gasteiger partial charge is 0.429 e. The molecule has 0 spiro atoms. The predicted molar refractivity (Wildman–Crippen MR) is 71.9 cm³/mol. The maximum atomic E-state index is 14.0. The second-order valence-electron chi connectivity index (χ2n) is 4.56. The third-order valence-electron chi connectivity index (χ3n) is 2.87. The van der Waals surface area contributed by atoms with Crippen molar-refractivity contribution in [1.82, 2.24) is 0 Å². The largest absolute Gasteiger partial charge is 0.429 e. The van der Waals surface area contributed by atoms with Crippen LogP contribution < -0.4 is 4.74 Å². The molecule has 0 aliphatic carbocycles. The van der Waals surface area contributed by atoms with E-state index in [2.05, 4.69) is 4.74 Å². The van der Waals surface area contributed by atoms with Crippen molar-refractivity contribution in [3.63, 3.8) is 0 Å². The minimum absolute atomic E-state index is 0.248. The molecule has 2 aromatic rings. The summed E-state index contributed by atoms with van der Waals surface area (Å²) in [5, 5.41) is 0. The fraction of sp³-hybridized carbons (Fsp3) is 0.125. The van der Waals surface area contributed by atoms with Crippen LogP contribution in [0.1, 0.15) is 18.1 Å². The Balaban J connectivity index is 2.35. The summed E-state index contributed by atoms with van der Waals surface area (Å²) in [7, 11) is 0. The van der Waals surface area contributed by atoms with Crippen molar-refractivity contribution in [3.8, 4) is 5.75 Å². The van der Waals surface area contributed by atoms with E-state index in [1.165, 1.54) is 12.1 Å². The molecule has 7 heteroatoms. The zero-order valence-electron chi connectivity index (χ0n) is 11.7. The molecule has 122 valence electrons. The van der Waals surface area contributed by atoms with Crippen LogP contribution in [-0.2, 0) is 6.11 Å². The van der Waals surface area contributed by atoms with Crippen molar-refractivity contribution >= 4 is 6.08 Å². The van der Waals surface area contributed by atoms with Gasteiger partial charge in [-0.2, -0.15) is 8.78 Å². The number of benzene rings is 2. The van der Waals surface area contributed by atoms with Crippen LogP contribution in [0, 0.1) is 23.3 Å². The SMILES string of the molecule is C/C=C/c1ccc(C(F)(F)Oc2cc(F)c(F)c(F)c2)c(F)c1. The fourth-order valence-electron chi connectivity index (χ4n) is 1.86. The van der Waals surface area contributed by atoms with E-state index in [0.29, 0.717) is 5.56 Å². The molecule has 0 amide bonds. The van der Waals surface area contributed by atoms with E-state index in [1.54, 1.807) is 13.0 Å². The van der Waals surface area contributed by atoms with Gasteiger partial charge in [0.05, 0.1) is 5.56 Å². The summed E-state index contributed by atoms with van der Waals surface area (Å²) in [5.74, 6) is -7.43. The van der Waals surface area contributed by atoms with Crippen molar-refractivity contribution in [3.05, 3.63) is 70.8 Å². The van der Waals surface area contributed by atoms with E-state index >= 15 is 0 Å². The van der Waals surface area contributed by atoms with Crippen molar-refractivity contribution < 1.29 is 31.1 Å². The molecular formula is C16H10F6O. The van der Waals surface area contributed by atoms with E-state index in [1.807, 2.05) is 0 Å². The Morgan fingerprint density at radius 1 is 0.913 bits per heavy atom. The van der Waals surface area contributed by atoms with Gasteiger partial charge in [0.15, 0.2) is 17.5 Å². The van der Waals surface area contributed by atoms with Crippen LogP contribution in [0.2, 0.25) is 0 Å². The lowest BCUT2D eigenvalue weighted by Gasteiger charge is -2.19. The summed E-state index contributed by atoms with van der Waals surface area (Å²) in [6.45, 7) is 1.67. The molecule has 0 radical (unpaired) electrons. The number of alkyl halides is 2. The monoisotopic (exact) mass is 332 g/mol. The molecule has 0 N–H and O–H groups in total. The molecule has 1 nitrogen and oxygen atoms in total. The van der Waals surface area contributed by atoms with Crippen molar-refractivity contribution in [2.75, 3.05) is 0 Å². The van der Waals surface area contributed by atoms with Crippen molar-refractivity contribution in [2.45, 2.75) is 13.0 Å². The molecule has 0 atom stereocenters. The summed E-state index contributed by atoms with van der Waals surface area (Å²) in [6, 6.07) is 3.37. The molecule has 0 heterocycles. The van der Waals surface area contributed by atoms with Gasteiger partial charge in [-0.1, -0.05) is 18.2 Å². The summed E-state index contributed by atoms with van der Waals surface area (Å²) >= 11 is 0. The normalized spacial score (nSPS) is 12.0. The summed E-state index contributed by atoms with van der Waals surface area (Å²) in [6.07, 6.45) is -1.11. The first kappa shape index (κ1) is 16.9. The van der Waals surface area contributed by atoms with Crippen LogP contribution in [0.25, 0.3) is 6.08 Å². The molecule has 23 heavy (non-hydrogen) atoms. The van der Waals surface area contributed by atoms with Gasteiger partial charge in [0.25, 0.3) is 0 Å². The molecule has 0 aliphatic heterocycles. The number of hydrogen-bond acceptors (Lipinski definition) is 1. The number of ether oxygens (including phenoxy) is 1. The zero-order valence-corrected chi connectivity index (χ0v) is 11.7. The second kappa shape index (κ2) is 6.36. The highest BCUT2D eigenvalue weighted by molar-refractivity contribution is 5.50. The van der Waals surface area contributed by atoms with E-state index in [0.717, 1.165) is 12.1 Å². The minimum atomic E-state index is -4.20. The first-order chi connectivity index (χ1) is 10.7. The predicted octanol–water partition coefficient (Wildman–Crippen LogP) is 5.40. The molecule has 2 rings (SSSR count). The Bertz CT molecular complexity index is 731. The number of rotatable bonds is 4. The lowest BCUT2D eigenvalue weighted by atomic mass is 10.1. The quantitative estimate of drug-likeness (QED) is 0.538. The Labute approximate surface area is 127 Å². The second-order valence-corrected chi connectivity index (χ2v) is 4.56. The van der Waals surface area contributed by atoms with Gasteiger partial charge in [-0.15, -0.1) is 0 Å². The molecule has 0 aromatic heterocycles. The van der Waals surface area contributed by atoms with Gasteiger partial charge in [0.1, 0.15) is 11.6 Å². The van der Waals surface area contributed by atoms with Crippen LogP contribution in [0.3, 0.4) is 0 Å². The van der Waals surface area contributed by atoms with Gasteiger partial charge >= 0.3 is 6.11 Å². The highest BCUT2D eigenvalue weighted by Crippen LogP contribution is 2.34. The van der Waals surface area contributed by atoms with Crippen LogP contribution in [-0.4, -0.2) is 0 Å². The standard InChI is InChI=1S/C16H10F6O/c1-2-3-9-4-5-11(12(17)6-9)16(21,22)23-10-7-13(18)15(20)14(19)8-10/h2-8H,1H3/b3-2+. The Morgan fingerprint density at radius 3 is 2.04 bits per heavy atom. The molecule has 0 fully saturated rings. The Kier molecular flexibility index (Phi) is 4.68. The lowest BCUT2D eigenvalue weighted by Crippen LogP contribution is -2.23. The lowest BCUT2D eigenvalue weighted by molar-refractivity contribution is -0.187. The molecule has 0 aliphatic rings. The third kappa shape index (κ3) is 3.67. The molecule has 0 saturated heterocycles. The van der Waals surface area contributed by atoms with E-state index in [-0.39, 0.29) is 12.1 Å². The van der Waals surface area contributed by atoms with E-state index in [4.69, 9.17) is 0 Å². The fourth-order valence-corrected chi connectivity index (χ4v) is 1.86. The minimum Gasteiger partial charge on any atom is -0.429 e. The van der Waals surface area contributed by atoms with Crippen molar-refractivity contribution in [2.24, 2.45) is 0 Å². The highest BCUT2D eigenvalue weighted by Gasteiger charge is 2.38. The number of halogens is 6. The van der Waals surface area contributed by atoms with Gasteiger partial charge in [-0.05, 0) is 24.6 Å². The number of allylic oxidation sites excluding steroid dienone is 1. The number of hydrogen-bond donors (Lipinski definition) is 0. The Morgan fingerprint density at radius 2 is 1.52 bits per heavy atom. The average Bonchev–Trinajstić information content (AvgIpc) is 2.44. The van der Waals surface area contributed by atoms with Gasteiger partial charge < -0.3 is 4.74 Å². The summed E-state index contributed by atoms with van der Waals surface area (Å²) < 4.78 is 84.7. The Hall–Kier alpha value is -2.44. The van der Waals surface area contributed by atoms with Gasteiger partial charge in [-0.25, -0.2) is 17.6 Å². The highest BCUT2D eigenvalue weighted by atomic mass is 19.3. The first-order valence-corrected chi connectivity index (χ1v) is 6.38. The topological polar surface area (TPSA) is 9.23 Å².